The Hall–Kier alpha value is -2.07. The van der Waals surface area contributed by atoms with Gasteiger partial charge in [-0.15, -0.1) is 0 Å². The smallest absolute Gasteiger partial charge is 0.261 e. The highest BCUT2D eigenvalue weighted by molar-refractivity contribution is 6.05. The molecule has 0 aliphatic carbocycles. The number of amides is 1. The SMILES string of the molecule is Cc1cc(C)cc(N(C)C(=O)c2coc(CN)c2)c1. The molecule has 1 aromatic heterocycles. The van der Waals surface area contributed by atoms with Gasteiger partial charge in [0.15, 0.2) is 0 Å². The third-order valence-corrected chi connectivity index (χ3v) is 3.00. The molecule has 0 spiro atoms. The fourth-order valence-corrected chi connectivity index (χ4v) is 2.06. The van der Waals surface area contributed by atoms with E-state index in [4.69, 9.17) is 10.2 Å². The Morgan fingerprint density at radius 1 is 1.21 bits per heavy atom. The molecule has 1 heterocycles. The maximum atomic E-state index is 12.3. The minimum Gasteiger partial charge on any atom is -0.467 e. The lowest BCUT2D eigenvalue weighted by Gasteiger charge is -2.17. The van der Waals surface area contributed by atoms with Gasteiger partial charge in [0, 0.05) is 12.7 Å². The first-order valence-corrected chi connectivity index (χ1v) is 6.15. The summed E-state index contributed by atoms with van der Waals surface area (Å²) in [5.41, 5.74) is 9.12. The first-order chi connectivity index (χ1) is 9.01. The van der Waals surface area contributed by atoms with E-state index in [1.54, 1.807) is 18.0 Å². The largest absolute Gasteiger partial charge is 0.467 e. The second-order valence-electron chi connectivity index (χ2n) is 4.72. The molecule has 2 rings (SSSR count). The second-order valence-corrected chi connectivity index (χ2v) is 4.72. The Kier molecular flexibility index (Phi) is 3.71. The standard InChI is InChI=1S/C15H18N2O2/c1-10-4-11(2)6-13(5-10)17(3)15(18)12-7-14(8-16)19-9-12/h4-7,9H,8,16H2,1-3H3. The number of aryl methyl sites for hydroxylation is 2. The molecule has 1 amide bonds. The van der Waals surface area contributed by atoms with Crippen LogP contribution >= 0.6 is 0 Å². The molecule has 0 atom stereocenters. The van der Waals surface area contributed by atoms with Crippen LogP contribution < -0.4 is 10.6 Å². The van der Waals surface area contributed by atoms with Crippen LogP contribution in [0.25, 0.3) is 0 Å². The van der Waals surface area contributed by atoms with Crippen molar-refractivity contribution in [3.05, 3.63) is 53.0 Å². The Morgan fingerprint density at radius 2 is 1.84 bits per heavy atom. The molecule has 0 saturated carbocycles. The number of benzene rings is 1. The molecule has 0 unspecified atom stereocenters. The zero-order valence-electron chi connectivity index (χ0n) is 11.4. The van der Waals surface area contributed by atoms with Crippen molar-refractivity contribution in [1.82, 2.24) is 0 Å². The van der Waals surface area contributed by atoms with Crippen LogP contribution in [0.2, 0.25) is 0 Å². The van der Waals surface area contributed by atoms with Gasteiger partial charge in [-0.05, 0) is 43.2 Å². The van der Waals surface area contributed by atoms with Crippen LogP contribution in [0.15, 0.2) is 34.9 Å². The maximum Gasteiger partial charge on any atom is 0.261 e. The molecule has 0 aliphatic heterocycles. The van der Waals surface area contributed by atoms with Crippen LogP contribution in [-0.2, 0) is 6.54 Å². The van der Waals surface area contributed by atoms with Gasteiger partial charge in [0.1, 0.15) is 12.0 Å². The molecule has 1 aromatic carbocycles. The normalized spacial score (nSPS) is 10.5. The monoisotopic (exact) mass is 258 g/mol. The van der Waals surface area contributed by atoms with Crippen LogP contribution in [-0.4, -0.2) is 13.0 Å². The molecular weight excluding hydrogens is 240 g/mol. The molecular formula is C15H18N2O2. The van der Waals surface area contributed by atoms with Crippen molar-refractivity contribution in [2.24, 2.45) is 5.73 Å². The van der Waals surface area contributed by atoms with Crippen LogP contribution in [0.3, 0.4) is 0 Å². The molecule has 0 radical (unpaired) electrons. The molecule has 100 valence electrons. The van der Waals surface area contributed by atoms with Gasteiger partial charge in [0.2, 0.25) is 0 Å². The van der Waals surface area contributed by atoms with E-state index in [1.807, 2.05) is 26.0 Å². The number of carbonyl (C=O) groups is 1. The summed E-state index contributed by atoms with van der Waals surface area (Å²) < 4.78 is 5.20. The van der Waals surface area contributed by atoms with Gasteiger partial charge in [-0.2, -0.15) is 0 Å². The van der Waals surface area contributed by atoms with Crippen molar-refractivity contribution in [2.75, 3.05) is 11.9 Å². The summed E-state index contributed by atoms with van der Waals surface area (Å²) in [5.74, 6) is 0.505. The van der Waals surface area contributed by atoms with Crippen molar-refractivity contribution < 1.29 is 9.21 Å². The molecule has 2 N–H and O–H groups in total. The third-order valence-electron chi connectivity index (χ3n) is 3.00. The maximum absolute atomic E-state index is 12.3. The lowest BCUT2D eigenvalue weighted by atomic mass is 10.1. The molecule has 19 heavy (non-hydrogen) atoms. The number of nitrogens with two attached hydrogens (primary N) is 1. The van der Waals surface area contributed by atoms with Gasteiger partial charge in [-0.1, -0.05) is 6.07 Å². The molecule has 4 heteroatoms. The molecule has 0 saturated heterocycles. The summed E-state index contributed by atoms with van der Waals surface area (Å²) in [7, 11) is 1.76. The highest BCUT2D eigenvalue weighted by atomic mass is 16.3. The van der Waals surface area contributed by atoms with Crippen molar-refractivity contribution in [3.63, 3.8) is 0 Å². The first kappa shape index (κ1) is 13.4. The fourth-order valence-electron chi connectivity index (χ4n) is 2.06. The van der Waals surface area contributed by atoms with Gasteiger partial charge >= 0.3 is 0 Å². The number of hydrogen-bond acceptors (Lipinski definition) is 3. The van der Waals surface area contributed by atoms with Gasteiger partial charge in [-0.25, -0.2) is 0 Å². The summed E-state index contributed by atoms with van der Waals surface area (Å²) >= 11 is 0. The van der Waals surface area contributed by atoms with E-state index in [1.165, 1.54) is 6.26 Å². The summed E-state index contributed by atoms with van der Waals surface area (Å²) in [6.07, 6.45) is 1.45. The van der Waals surface area contributed by atoms with E-state index in [0.717, 1.165) is 16.8 Å². The Morgan fingerprint density at radius 3 is 2.37 bits per heavy atom. The van der Waals surface area contributed by atoms with Gasteiger partial charge in [-0.3, -0.25) is 4.79 Å². The number of furan rings is 1. The number of hydrogen-bond donors (Lipinski definition) is 1. The topological polar surface area (TPSA) is 59.5 Å². The fraction of sp³-hybridized carbons (Fsp3) is 0.267. The quantitative estimate of drug-likeness (QED) is 0.920. The molecule has 4 nitrogen and oxygen atoms in total. The van der Waals surface area contributed by atoms with Crippen molar-refractivity contribution >= 4 is 11.6 Å². The van der Waals surface area contributed by atoms with Crippen LogP contribution in [0.4, 0.5) is 5.69 Å². The van der Waals surface area contributed by atoms with Crippen LogP contribution in [0, 0.1) is 13.8 Å². The Bertz CT molecular complexity index is 582. The Labute approximate surface area is 112 Å². The number of carbonyl (C=O) groups excluding carboxylic acids is 1. The average molecular weight is 258 g/mol. The highest BCUT2D eigenvalue weighted by Gasteiger charge is 2.16. The summed E-state index contributed by atoms with van der Waals surface area (Å²) in [6, 6.07) is 7.72. The van der Waals surface area contributed by atoms with E-state index in [0.29, 0.717) is 17.9 Å². The summed E-state index contributed by atoms with van der Waals surface area (Å²) in [6.45, 7) is 4.32. The van der Waals surface area contributed by atoms with Crippen LogP contribution in [0.1, 0.15) is 27.2 Å². The summed E-state index contributed by atoms with van der Waals surface area (Å²) in [4.78, 5) is 13.9. The lowest BCUT2D eigenvalue weighted by molar-refractivity contribution is 0.0992. The molecule has 2 aromatic rings. The zero-order chi connectivity index (χ0) is 14.0. The first-order valence-electron chi connectivity index (χ1n) is 6.15. The predicted octanol–water partition coefficient (Wildman–Crippen LogP) is 2.63. The van der Waals surface area contributed by atoms with Crippen LogP contribution in [0.5, 0.6) is 0 Å². The minimum absolute atomic E-state index is 0.103. The van der Waals surface area contributed by atoms with E-state index in [2.05, 4.69) is 6.07 Å². The minimum atomic E-state index is -0.103. The number of nitrogens with zero attached hydrogens (tertiary/aromatic N) is 1. The van der Waals surface area contributed by atoms with Gasteiger partial charge < -0.3 is 15.1 Å². The van der Waals surface area contributed by atoms with E-state index in [-0.39, 0.29) is 5.91 Å². The van der Waals surface area contributed by atoms with E-state index in [9.17, 15) is 4.79 Å². The van der Waals surface area contributed by atoms with Gasteiger partial charge in [0.05, 0.1) is 12.1 Å². The number of anilines is 1. The molecule has 0 aliphatic rings. The molecule has 0 fully saturated rings. The van der Waals surface area contributed by atoms with Gasteiger partial charge in [0.25, 0.3) is 5.91 Å². The molecule has 0 bridgehead atoms. The van der Waals surface area contributed by atoms with Crippen molar-refractivity contribution in [1.29, 1.82) is 0 Å². The highest BCUT2D eigenvalue weighted by Crippen LogP contribution is 2.20. The second kappa shape index (κ2) is 5.28. The zero-order valence-corrected chi connectivity index (χ0v) is 11.4. The van der Waals surface area contributed by atoms with E-state index < -0.39 is 0 Å². The summed E-state index contributed by atoms with van der Waals surface area (Å²) in [5, 5.41) is 0. The lowest BCUT2D eigenvalue weighted by Crippen LogP contribution is -2.25. The van der Waals surface area contributed by atoms with E-state index >= 15 is 0 Å². The number of rotatable bonds is 3. The third kappa shape index (κ3) is 2.85. The average Bonchev–Trinajstić information content (AvgIpc) is 2.84. The van der Waals surface area contributed by atoms with Crippen molar-refractivity contribution in [2.45, 2.75) is 20.4 Å². The Balaban J connectivity index is 2.27. The predicted molar refractivity (Wildman–Crippen MR) is 75.2 cm³/mol. The van der Waals surface area contributed by atoms with Crippen molar-refractivity contribution in [3.8, 4) is 0 Å².